The van der Waals surface area contributed by atoms with E-state index < -0.39 is 0 Å². The Labute approximate surface area is 120 Å². The number of aromatic nitrogens is 2. The van der Waals surface area contributed by atoms with Gasteiger partial charge in [0.1, 0.15) is 11.6 Å². The van der Waals surface area contributed by atoms with E-state index in [4.69, 9.17) is 5.73 Å². The second kappa shape index (κ2) is 5.23. The summed E-state index contributed by atoms with van der Waals surface area (Å²) in [5, 5.41) is 0. The van der Waals surface area contributed by atoms with Crippen molar-refractivity contribution in [2.24, 2.45) is 0 Å². The van der Waals surface area contributed by atoms with Gasteiger partial charge in [-0.3, -0.25) is 0 Å². The molecule has 0 saturated heterocycles. The molecule has 2 N–H and O–H groups in total. The largest absolute Gasteiger partial charge is 0.383 e. The molecule has 0 spiro atoms. The molecule has 0 atom stereocenters. The molecular weight excluding hydrogens is 246 g/mol. The Morgan fingerprint density at radius 2 is 1.85 bits per heavy atom. The molecule has 20 heavy (non-hydrogen) atoms. The number of aryl methyl sites for hydroxylation is 1. The monoisotopic (exact) mass is 267 g/mol. The van der Waals surface area contributed by atoms with Gasteiger partial charge in [0.2, 0.25) is 0 Å². The van der Waals surface area contributed by atoms with Crippen molar-refractivity contribution < 1.29 is 0 Å². The van der Waals surface area contributed by atoms with Crippen molar-refractivity contribution >= 4 is 5.82 Å². The van der Waals surface area contributed by atoms with E-state index in [0.717, 1.165) is 35.0 Å². The van der Waals surface area contributed by atoms with Crippen molar-refractivity contribution in [3.8, 4) is 11.3 Å². The van der Waals surface area contributed by atoms with Gasteiger partial charge in [-0.25, -0.2) is 9.97 Å². The summed E-state index contributed by atoms with van der Waals surface area (Å²) >= 11 is 0. The number of rotatable bonds is 3. The first-order valence-electron chi connectivity index (χ1n) is 7.42. The second-order valence-corrected chi connectivity index (χ2v) is 5.60. The van der Waals surface area contributed by atoms with E-state index >= 15 is 0 Å². The van der Waals surface area contributed by atoms with Crippen LogP contribution < -0.4 is 5.73 Å². The molecule has 1 aliphatic rings. The van der Waals surface area contributed by atoms with Crippen LogP contribution in [0.4, 0.5) is 5.82 Å². The maximum Gasteiger partial charge on any atom is 0.131 e. The molecular formula is C17H21N3. The van der Waals surface area contributed by atoms with E-state index in [9.17, 15) is 0 Å². The van der Waals surface area contributed by atoms with E-state index in [1.165, 1.54) is 24.8 Å². The fourth-order valence-corrected chi connectivity index (χ4v) is 2.68. The Bertz CT molecular complexity index is 613. The van der Waals surface area contributed by atoms with E-state index in [2.05, 4.69) is 34.2 Å². The van der Waals surface area contributed by atoms with E-state index in [0.29, 0.717) is 5.82 Å². The Balaban J connectivity index is 1.97. The van der Waals surface area contributed by atoms with Crippen LogP contribution in [0.15, 0.2) is 24.3 Å². The number of hydrogen-bond acceptors (Lipinski definition) is 3. The summed E-state index contributed by atoms with van der Waals surface area (Å²) in [5.41, 5.74) is 10.5. The molecule has 1 heterocycles. The number of anilines is 1. The van der Waals surface area contributed by atoms with Crippen LogP contribution in [-0.2, 0) is 6.42 Å². The molecule has 3 rings (SSSR count). The highest BCUT2D eigenvalue weighted by Gasteiger charge is 2.19. The summed E-state index contributed by atoms with van der Waals surface area (Å²) in [6.07, 6.45) is 4.84. The molecule has 1 fully saturated rings. The third-order valence-electron chi connectivity index (χ3n) is 4.31. The number of hydrogen-bond donors (Lipinski definition) is 1. The van der Waals surface area contributed by atoms with Crippen molar-refractivity contribution in [2.75, 3.05) is 5.73 Å². The summed E-state index contributed by atoms with van der Waals surface area (Å²) in [4.78, 5) is 8.95. The Morgan fingerprint density at radius 3 is 2.40 bits per heavy atom. The Kier molecular flexibility index (Phi) is 3.43. The van der Waals surface area contributed by atoms with E-state index in [1.54, 1.807) is 0 Å². The van der Waals surface area contributed by atoms with Crippen molar-refractivity contribution in [2.45, 2.75) is 45.4 Å². The van der Waals surface area contributed by atoms with Crippen molar-refractivity contribution in [1.29, 1.82) is 0 Å². The van der Waals surface area contributed by atoms with Gasteiger partial charge in [0.15, 0.2) is 0 Å². The molecule has 3 heteroatoms. The van der Waals surface area contributed by atoms with Gasteiger partial charge in [-0.05, 0) is 31.2 Å². The zero-order valence-electron chi connectivity index (χ0n) is 12.2. The van der Waals surface area contributed by atoms with Crippen molar-refractivity contribution in [1.82, 2.24) is 9.97 Å². The maximum atomic E-state index is 5.99. The Morgan fingerprint density at radius 1 is 1.15 bits per heavy atom. The summed E-state index contributed by atoms with van der Waals surface area (Å²) in [6.45, 7) is 4.04. The number of nitrogens with two attached hydrogens (primary N) is 1. The van der Waals surface area contributed by atoms with Crippen LogP contribution in [-0.4, -0.2) is 9.97 Å². The highest BCUT2D eigenvalue weighted by Crippen LogP contribution is 2.37. The molecule has 0 radical (unpaired) electrons. The molecule has 0 bridgehead atoms. The zero-order chi connectivity index (χ0) is 14.1. The predicted octanol–water partition coefficient (Wildman–Crippen LogP) is 3.86. The van der Waals surface area contributed by atoms with Gasteiger partial charge in [-0.15, -0.1) is 0 Å². The molecule has 1 aliphatic carbocycles. The molecule has 1 saturated carbocycles. The number of nitrogens with zero attached hydrogens (tertiary/aromatic N) is 2. The summed E-state index contributed by atoms with van der Waals surface area (Å²) < 4.78 is 0. The molecule has 1 aromatic carbocycles. The average molecular weight is 267 g/mol. The summed E-state index contributed by atoms with van der Waals surface area (Å²) in [5.74, 6) is 2.17. The minimum atomic E-state index is 0.593. The lowest BCUT2D eigenvalue weighted by Crippen LogP contribution is -2.08. The highest BCUT2D eigenvalue weighted by molar-refractivity contribution is 5.67. The quantitative estimate of drug-likeness (QED) is 0.918. The van der Waals surface area contributed by atoms with Gasteiger partial charge in [-0.2, -0.15) is 0 Å². The second-order valence-electron chi connectivity index (χ2n) is 5.60. The maximum absolute atomic E-state index is 5.99. The van der Waals surface area contributed by atoms with Crippen LogP contribution in [0.5, 0.6) is 0 Å². The van der Waals surface area contributed by atoms with E-state index in [1.807, 2.05) is 13.8 Å². The van der Waals surface area contributed by atoms with E-state index in [-0.39, 0.29) is 0 Å². The Hall–Kier alpha value is -1.90. The lowest BCUT2D eigenvalue weighted by Gasteiger charge is -2.25. The van der Waals surface area contributed by atoms with Crippen LogP contribution in [0.3, 0.4) is 0 Å². The zero-order valence-corrected chi connectivity index (χ0v) is 12.2. The van der Waals surface area contributed by atoms with Crippen LogP contribution >= 0.6 is 0 Å². The van der Waals surface area contributed by atoms with Crippen LogP contribution in [0, 0.1) is 6.92 Å². The SMILES string of the molecule is CCc1nc(N)c(C)c(-c2ccc(C3CCC3)cc2)n1. The summed E-state index contributed by atoms with van der Waals surface area (Å²) in [6, 6.07) is 8.81. The van der Waals surface area contributed by atoms with Crippen LogP contribution in [0.2, 0.25) is 0 Å². The first kappa shape index (κ1) is 13.1. The fourth-order valence-electron chi connectivity index (χ4n) is 2.68. The highest BCUT2D eigenvalue weighted by atomic mass is 15.0. The normalized spacial score (nSPS) is 15.1. The molecule has 0 amide bonds. The predicted molar refractivity (Wildman–Crippen MR) is 82.6 cm³/mol. The average Bonchev–Trinajstić information content (AvgIpc) is 2.41. The minimum Gasteiger partial charge on any atom is -0.383 e. The molecule has 3 nitrogen and oxygen atoms in total. The van der Waals surface area contributed by atoms with Gasteiger partial charge in [-0.1, -0.05) is 37.6 Å². The van der Waals surface area contributed by atoms with Gasteiger partial charge < -0.3 is 5.73 Å². The van der Waals surface area contributed by atoms with Crippen molar-refractivity contribution in [3.63, 3.8) is 0 Å². The molecule has 0 aliphatic heterocycles. The standard InChI is InChI=1S/C17H21N3/c1-3-15-19-16(11(2)17(18)20-15)14-9-7-13(8-10-14)12-5-4-6-12/h7-10,12H,3-6H2,1-2H3,(H2,18,19,20). The number of benzene rings is 1. The lowest BCUT2D eigenvalue weighted by molar-refractivity contribution is 0.420. The first-order chi connectivity index (χ1) is 9.69. The van der Waals surface area contributed by atoms with Gasteiger partial charge >= 0.3 is 0 Å². The third-order valence-corrected chi connectivity index (χ3v) is 4.31. The molecule has 104 valence electrons. The van der Waals surface area contributed by atoms with Crippen LogP contribution in [0.1, 0.15) is 49.1 Å². The molecule has 0 unspecified atom stereocenters. The smallest absolute Gasteiger partial charge is 0.131 e. The topological polar surface area (TPSA) is 51.8 Å². The van der Waals surface area contributed by atoms with Crippen molar-refractivity contribution in [3.05, 3.63) is 41.2 Å². The number of nitrogen functional groups attached to an aromatic ring is 1. The fraction of sp³-hybridized carbons (Fsp3) is 0.412. The molecule has 2 aromatic rings. The molecule has 1 aromatic heterocycles. The minimum absolute atomic E-state index is 0.593. The van der Waals surface area contributed by atoms with Gasteiger partial charge in [0.05, 0.1) is 5.69 Å². The van der Waals surface area contributed by atoms with Crippen LogP contribution in [0.25, 0.3) is 11.3 Å². The first-order valence-corrected chi connectivity index (χ1v) is 7.42. The third kappa shape index (κ3) is 2.28. The lowest BCUT2D eigenvalue weighted by atomic mass is 9.80. The van der Waals surface area contributed by atoms with Gasteiger partial charge in [0, 0.05) is 17.5 Å². The summed E-state index contributed by atoms with van der Waals surface area (Å²) in [7, 11) is 0. The van der Waals surface area contributed by atoms with Gasteiger partial charge in [0.25, 0.3) is 0 Å².